The molecule has 0 saturated carbocycles. The standard InChI is InChI=1S/C12H21N3O2/c1-8-12(17)11(9(7-16)6-15-8)10(14)4-2-3-5-13/h6,10,16-17H,2-5,7,13-14H2,1H3/t10-/m1/s1. The van der Waals surface area contributed by atoms with Crippen LogP contribution in [0.25, 0.3) is 0 Å². The van der Waals surface area contributed by atoms with Crippen molar-refractivity contribution in [2.24, 2.45) is 11.5 Å². The molecule has 0 aliphatic carbocycles. The molecule has 1 aromatic heterocycles. The first-order valence-electron chi connectivity index (χ1n) is 5.85. The fraction of sp³-hybridized carbons (Fsp3) is 0.583. The molecule has 0 spiro atoms. The summed E-state index contributed by atoms with van der Waals surface area (Å²) in [5.74, 6) is 0.0943. The van der Waals surface area contributed by atoms with Gasteiger partial charge in [-0.25, -0.2) is 0 Å². The van der Waals surface area contributed by atoms with Crippen molar-refractivity contribution >= 4 is 0 Å². The van der Waals surface area contributed by atoms with E-state index in [1.807, 2.05) is 0 Å². The van der Waals surface area contributed by atoms with Crippen molar-refractivity contribution in [1.82, 2.24) is 4.98 Å². The summed E-state index contributed by atoms with van der Waals surface area (Å²) in [4.78, 5) is 4.00. The molecule has 0 unspecified atom stereocenters. The van der Waals surface area contributed by atoms with Crippen LogP contribution in [0.2, 0.25) is 0 Å². The summed E-state index contributed by atoms with van der Waals surface area (Å²) in [6, 6.07) is -0.287. The van der Waals surface area contributed by atoms with Crippen molar-refractivity contribution in [3.8, 4) is 5.75 Å². The molecule has 0 aromatic carbocycles. The molecule has 1 atom stereocenters. The van der Waals surface area contributed by atoms with E-state index in [-0.39, 0.29) is 18.4 Å². The van der Waals surface area contributed by atoms with Crippen LogP contribution in [0.15, 0.2) is 6.20 Å². The maximum Gasteiger partial charge on any atom is 0.141 e. The molecule has 1 heterocycles. The zero-order chi connectivity index (χ0) is 12.8. The predicted molar refractivity (Wildman–Crippen MR) is 66.4 cm³/mol. The third-order valence-corrected chi connectivity index (χ3v) is 2.87. The highest BCUT2D eigenvalue weighted by Gasteiger charge is 2.17. The molecule has 1 aromatic rings. The van der Waals surface area contributed by atoms with Crippen molar-refractivity contribution in [1.29, 1.82) is 0 Å². The first-order valence-corrected chi connectivity index (χ1v) is 5.85. The highest BCUT2D eigenvalue weighted by molar-refractivity contribution is 5.42. The summed E-state index contributed by atoms with van der Waals surface area (Å²) >= 11 is 0. The van der Waals surface area contributed by atoms with Crippen LogP contribution in [-0.4, -0.2) is 21.7 Å². The maximum absolute atomic E-state index is 9.96. The van der Waals surface area contributed by atoms with Crippen molar-refractivity contribution in [2.75, 3.05) is 6.54 Å². The second-order valence-electron chi connectivity index (χ2n) is 4.18. The summed E-state index contributed by atoms with van der Waals surface area (Å²) in [6.07, 6.45) is 4.12. The van der Waals surface area contributed by atoms with Crippen LogP contribution in [0.1, 0.15) is 42.1 Å². The van der Waals surface area contributed by atoms with E-state index in [1.54, 1.807) is 13.1 Å². The number of pyridine rings is 1. The number of unbranched alkanes of at least 4 members (excludes halogenated alkanes) is 1. The van der Waals surface area contributed by atoms with Crippen LogP contribution in [0.3, 0.4) is 0 Å². The molecule has 0 bridgehead atoms. The third kappa shape index (κ3) is 3.39. The van der Waals surface area contributed by atoms with Gasteiger partial charge in [0.2, 0.25) is 0 Å². The Balaban J connectivity index is 2.90. The van der Waals surface area contributed by atoms with Gasteiger partial charge in [-0.3, -0.25) is 4.98 Å². The van der Waals surface area contributed by atoms with Gasteiger partial charge in [-0.1, -0.05) is 6.42 Å². The number of aliphatic hydroxyl groups is 1. The fourth-order valence-electron chi connectivity index (χ4n) is 1.85. The van der Waals surface area contributed by atoms with Crippen molar-refractivity contribution in [2.45, 2.75) is 38.8 Å². The van der Waals surface area contributed by atoms with Gasteiger partial charge in [0.1, 0.15) is 5.75 Å². The molecule has 96 valence electrons. The Morgan fingerprint density at radius 2 is 2.12 bits per heavy atom. The van der Waals surface area contributed by atoms with Gasteiger partial charge >= 0.3 is 0 Å². The van der Waals surface area contributed by atoms with E-state index in [2.05, 4.69) is 4.98 Å². The third-order valence-electron chi connectivity index (χ3n) is 2.87. The zero-order valence-electron chi connectivity index (χ0n) is 10.2. The van der Waals surface area contributed by atoms with Crippen LogP contribution in [0.4, 0.5) is 0 Å². The molecule has 5 nitrogen and oxygen atoms in total. The van der Waals surface area contributed by atoms with Gasteiger partial charge in [0.05, 0.1) is 12.3 Å². The minimum atomic E-state index is -0.287. The van der Waals surface area contributed by atoms with Crippen molar-refractivity contribution in [3.05, 3.63) is 23.0 Å². The summed E-state index contributed by atoms with van der Waals surface area (Å²) < 4.78 is 0. The maximum atomic E-state index is 9.96. The lowest BCUT2D eigenvalue weighted by Gasteiger charge is -2.17. The number of hydrogen-bond donors (Lipinski definition) is 4. The molecule has 5 heteroatoms. The molecular formula is C12H21N3O2. The first-order chi connectivity index (χ1) is 8.11. The second-order valence-corrected chi connectivity index (χ2v) is 4.18. The quantitative estimate of drug-likeness (QED) is 0.547. The number of hydrogen-bond acceptors (Lipinski definition) is 5. The molecular weight excluding hydrogens is 218 g/mol. The van der Waals surface area contributed by atoms with E-state index >= 15 is 0 Å². The van der Waals surface area contributed by atoms with Crippen LogP contribution < -0.4 is 11.5 Å². The molecule has 6 N–H and O–H groups in total. The summed E-state index contributed by atoms with van der Waals surface area (Å²) in [7, 11) is 0. The van der Waals surface area contributed by atoms with Crippen LogP contribution >= 0.6 is 0 Å². The van der Waals surface area contributed by atoms with E-state index in [0.29, 0.717) is 23.4 Å². The minimum absolute atomic E-state index is 0.0943. The molecule has 1 rings (SSSR count). The number of rotatable bonds is 6. The normalized spacial score (nSPS) is 12.7. The Bertz CT molecular complexity index is 369. The Morgan fingerprint density at radius 1 is 1.41 bits per heavy atom. The molecule has 0 amide bonds. The second kappa shape index (κ2) is 6.54. The van der Waals surface area contributed by atoms with Gasteiger partial charge in [-0.15, -0.1) is 0 Å². The van der Waals surface area contributed by atoms with E-state index in [0.717, 1.165) is 19.3 Å². The van der Waals surface area contributed by atoms with Gasteiger partial charge in [-0.05, 0) is 26.3 Å². The SMILES string of the molecule is Cc1ncc(CO)c([C@H](N)CCCCN)c1O. The van der Waals surface area contributed by atoms with E-state index in [1.165, 1.54) is 0 Å². The van der Waals surface area contributed by atoms with Crippen LogP contribution in [0, 0.1) is 6.92 Å². The van der Waals surface area contributed by atoms with Gasteiger partial charge in [0.25, 0.3) is 0 Å². The number of aliphatic hydroxyl groups excluding tert-OH is 1. The van der Waals surface area contributed by atoms with E-state index in [9.17, 15) is 10.2 Å². The summed E-state index contributed by atoms with van der Waals surface area (Å²) in [5, 5.41) is 19.2. The smallest absolute Gasteiger partial charge is 0.141 e. The monoisotopic (exact) mass is 239 g/mol. The lowest BCUT2D eigenvalue weighted by atomic mass is 9.96. The molecule has 17 heavy (non-hydrogen) atoms. The molecule has 0 aliphatic heterocycles. The molecule has 0 fully saturated rings. The minimum Gasteiger partial charge on any atom is -0.506 e. The van der Waals surface area contributed by atoms with Gasteiger partial charge in [0, 0.05) is 23.4 Å². The first kappa shape index (κ1) is 13.9. The Morgan fingerprint density at radius 3 is 2.71 bits per heavy atom. The number of aromatic nitrogens is 1. The van der Waals surface area contributed by atoms with Gasteiger partial charge in [-0.2, -0.15) is 0 Å². The van der Waals surface area contributed by atoms with Gasteiger partial charge in [0.15, 0.2) is 0 Å². The topological polar surface area (TPSA) is 105 Å². The zero-order valence-corrected chi connectivity index (χ0v) is 10.2. The Kier molecular flexibility index (Phi) is 5.34. The summed E-state index contributed by atoms with van der Waals surface area (Å²) in [6.45, 7) is 2.19. The average Bonchev–Trinajstić information content (AvgIpc) is 2.32. The van der Waals surface area contributed by atoms with E-state index in [4.69, 9.17) is 11.5 Å². The lowest BCUT2D eigenvalue weighted by molar-refractivity contribution is 0.277. The highest BCUT2D eigenvalue weighted by Crippen LogP contribution is 2.31. The Hall–Kier alpha value is -1.17. The number of aromatic hydroxyl groups is 1. The van der Waals surface area contributed by atoms with Crippen LogP contribution in [-0.2, 0) is 6.61 Å². The lowest BCUT2D eigenvalue weighted by Crippen LogP contribution is -2.14. The largest absolute Gasteiger partial charge is 0.506 e. The number of aryl methyl sites for hydroxylation is 1. The molecule has 0 saturated heterocycles. The predicted octanol–water partition coefficient (Wildman–Crippen LogP) is 0.717. The highest BCUT2D eigenvalue weighted by atomic mass is 16.3. The van der Waals surface area contributed by atoms with Crippen LogP contribution in [0.5, 0.6) is 5.75 Å². The Labute approximate surface area is 101 Å². The average molecular weight is 239 g/mol. The fourth-order valence-corrected chi connectivity index (χ4v) is 1.85. The molecule has 0 aliphatic rings. The van der Waals surface area contributed by atoms with Crippen molar-refractivity contribution in [3.63, 3.8) is 0 Å². The van der Waals surface area contributed by atoms with Gasteiger partial charge < -0.3 is 21.7 Å². The molecule has 0 radical (unpaired) electrons. The van der Waals surface area contributed by atoms with E-state index < -0.39 is 0 Å². The number of nitrogens with two attached hydrogens (primary N) is 2. The van der Waals surface area contributed by atoms with Crippen molar-refractivity contribution < 1.29 is 10.2 Å². The number of nitrogens with zero attached hydrogens (tertiary/aromatic N) is 1. The summed E-state index contributed by atoms with van der Waals surface area (Å²) in [5.41, 5.74) is 13.2.